The van der Waals surface area contributed by atoms with Gasteiger partial charge in [-0.05, 0) is 36.1 Å². The average molecular weight is 244 g/mol. The number of terminal acetylenes is 1. The Balaban J connectivity index is 1.91. The third kappa shape index (κ3) is 2.82. The summed E-state index contributed by atoms with van der Waals surface area (Å²) in [7, 11) is 0. The molecule has 1 aliphatic carbocycles. The van der Waals surface area contributed by atoms with Crippen LogP contribution in [-0.4, -0.2) is 19.1 Å². The SMILES string of the molecule is C#CCNC(=O)COc1ccc2c(c1)CC[C@H]2N. The molecule has 2 rings (SSSR count). The molecule has 18 heavy (non-hydrogen) atoms. The van der Waals surface area contributed by atoms with E-state index in [1.54, 1.807) is 0 Å². The molecule has 0 saturated carbocycles. The molecule has 0 unspecified atom stereocenters. The summed E-state index contributed by atoms with van der Waals surface area (Å²) in [6.45, 7) is 0.202. The maximum atomic E-state index is 11.3. The molecule has 1 aromatic rings. The number of benzene rings is 1. The first-order valence-corrected chi connectivity index (χ1v) is 5.92. The Morgan fingerprint density at radius 2 is 2.44 bits per heavy atom. The highest BCUT2D eigenvalue weighted by molar-refractivity contribution is 5.77. The number of hydrogen-bond donors (Lipinski definition) is 2. The first-order valence-electron chi connectivity index (χ1n) is 5.92. The maximum Gasteiger partial charge on any atom is 0.258 e. The van der Waals surface area contributed by atoms with Crippen molar-refractivity contribution >= 4 is 5.91 Å². The minimum atomic E-state index is -0.217. The molecular formula is C14H16N2O2. The molecule has 1 aliphatic rings. The number of carbonyl (C=O) groups is 1. The summed E-state index contributed by atoms with van der Waals surface area (Å²) in [6, 6.07) is 5.91. The van der Waals surface area contributed by atoms with Crippen molar-refractivity contribution < 1.29 is 9.53 Å². The Labute approximate surface area is 107 Å². The molecule has 0 saturated heterocycles. The standard InChI is InChI=1S/C14H16N2O2/c1-2-7-16-14(17)9-18-11-4-5-12-10(8-11)3-6-13(12)15/h1,4-5,8,13H,3,6-7,9,15H2,(H,16,17)/t13-/m1/s1. The molecule has 0 aromatic heterocycles. The summed E-state index contributed by atoms with van der Waals surface area (Å²) in [6.07, 6.45) is 6.98. The Hall–Kier alpha value is -1.99. The van der Waals surface area contributed by atoms with Gasteiger partial charge in [-0.1, -0.05) is 12.0 Å². The number of ether oxygens (including phenoxy) is 1. The van der Waals surface area contributed by atoms with Crippen molar-refractivity contribution in [3.8, 4) is 18.1 Å². The van der Waals surface area contributed by atoms with E-state index >= 15 is 0 Å². The highest BCUT2D eigenvalue weighted by atomic mass is 16.5. The van der Waals surface area contributed by atoms with Crippen LogP contribution < -0.4 is 15.8 Å². The Morgan fingerprint density at radius 3 is 3.22 bits per heavy atom. The number of hydrogen-bond acceptors (Lipinski definition) is 3. The van der Waals surface area contributed by atoms with Crippen molar-refractivity contribution in [2.75, 3.05) is 13.2 Å². The molecule has 4 heteroatoms. The first-order chi connectivity index (χ1) is 8.70. The minimum Gasteiger partial charge on any atom is -0.484 e. The highest BCUT2D eigenvalue weighted by Gasteiger charge is 2.19. The third-order valence-corrected chi connectivity index (χ3v) is 3.00. The van der Waals surface area contributed by atoms with Crippen LogP contribution >= 0.6 is 0 Å². The van der Waals surface area contributed by atoms with Crippen molar-refractivity contribution in [2.24, 2.45) is 5.73 Å². The summed E-state index contributed by atoms with van der Waals surface area (Å²) in [5.41, 5.74) is 8.34. The van der Waals surface area contributed by atoms with Gasteiger partial charge in [-0.15, -0.1) is 6.42 Å². The van der Waals surface area contributed by atoms with Gasteiger partial charge in [0.2, 0.25) is 0 Å². The molecule has 0 spiro atoms. The lowest BCUT2D eigenvalue weighted by Crippen LogP contribution is -2.29. The van der Waals surface area contributed by atoms with Crippen molar-refractivity contribution in [3.63, 3.8) is 0 Å². The van der Waals surface area contributed by atoms with Crippen LogP contribution in [0.2, 0.25) is 0 Å². The zero-order valence-corrected chi connectivity index (χ0v) is 10.1. The summed E-state index contributed by atoms with van der Waals surface area (Å²) >= 11 is 0. The van der Waals surface area contributed by atoms with E-state index in [0.717, 1.165) is 12.8 Å². The smallest absolute Gasteiger partial charge is 0.258 e. The van der Waals surface area contributed by atoms with Crippen LogP contribution in [0.4, 0.5) is 0 Å². The predicted octanol–water partition coefficient (Wildman–Crippen LogP) is 0.761. The fraction of sp³-hybridized carbons (Fsp3) is 0.357. The Bertz CT molecular complexity index is 491. The van der Waals surface area contributed by atoms with Crippen LogP contribution in [0.5, 0.6) is 5.75 Å². The van der Waals surface area contributed by atoms with Gasteiger partial charge in [0.05, 0.1) is 6.54 Å². The van der Waals surface area contributed by atoms with Crippen LogP contribution in [-0.2, 0) is 11.2 Å². The fourth-order valence-electron chi connectivity index (χ4n) is 2.07. The molecule has 1 aromatic carbocycles. The van der Waals surface area contributed by atoms with Crippen LogP contribution in [0.3, 0.4) is 0 Å². The second-order valence-electron chi connectivity index (χ2n) is 4.28. The maximum absolute atomic E-state index is 11.3. The second-order valence-corrected chi connectivity index (χ2v) is 4.28. The number of fused-ring (bicyclic) bond motifs is 1. The summed E-state index contributed by atoms with van der Waals surface area (Å²) in [5, 5.41) is 2.54. The van der Waals surface area contributed by atoms with Gasteiger partial charge in [-0.2, -0.15) is 0 Å². The number of rotatable bonds is 4. The van der Waals surface area contributed by atoms with Gasteiger partial charge < -0.3 is 15.8 Å². The summed E-state index contributed by atoms with van der Waals surface area (Å²) in [4.78, 5) is 11.3. The zero-order valence-electron chi connectivity index (χ0n) is 10.1. The van der Waals surface area contributed by atoms with E-state index in [1.165, 1.54) is 11.1 Å². The summed E-state index contributed by atoms with van der Waals surface area (Å²) < 4.78 is 5.40. The summed E-state index contributed by atoms with van der Waals surface area (Å²) in [5.74, 6) is 2.81. The number of aryl methyl sites for hydroxylation is 1. The van der Waals surface area contributed by atoms with Gasteiger partial charge in [0.25, 0.3) is 5.91 Å². The minimum absolute atomic E-state index is 0.0213. The van der Waals surface area contributed by atoms with Crippen LogP contribution in [0, 0.1) is 12.3 Å². The lowest BCUT2D eigenvalue weighted by molar-refractivity contribution is -0.122. The number of carbonyl (C=O) groups excluding carboxylic acids is 1. The van der Waals surface area contributed by atoms with Gasteiger partial charge in [-0.3, -0.25) is 4.79 Å². The Morgan fingerprint density at radius 1 is 1.61 bits per heavy atom. The molecule has 0 aliphatic heterocycles. The monoisotopic (exact) mass is 244 g/mol. The van der Waals surface area contributed by atoms with E-state index in [2.05, 4.69) is 11.2 Å². The molecule has 1 amide bonds. The van der Waals surface area contributed by atoms with Crippen LogP contribution in [0.25, 0.3) is 0 Å². The van der Waals surface area contributed by atoms with Gasteiger partial charge >= 0.3 is 0 Å². The molecule has 0 radical (unpaired) electrons. The van der Waals surface area contributed by atoms with Gasteiger partial charge in [0.15, 0.2) is 6.61 Å². The van der Waals surface area contributed by atoms with Crippen molar-refractivity contribution in [1.82, 2.24) is 5.32 Å². The number of amides is 1. The highest BCUT2D eigenvalue weighted by Crippen LogP contribution is 2.31. The second kappa shape index (κ2) is 5.56. The molecule has 0 bridgehead atoms. The fourth-order valence-corrected chi connectivity index (χ4v) is 2.07. The molecule has 4 nitrogen and oxygen atoms in total. The van der Waals surface area contributed by atoms with Crippen molar-refractivity contribution in [1.29, 1.82) is 0 Å². The van der Waals surface area contributed by atoms with Gasteiger partial charge in [-0.25, -0.2) is 0 Å². The van der Waals surface area contributed by atoms with E-state index in [0.29, 0.717) is 5.75 Å². The van der Waals surface area contributed by atoms with E-state index in [4.69, 9.17) is 16.9 Å². The predicted molar refractivity (Wildman–Crippen MR) is 69.0 cm³/mol. The van der Waals surface area contributed by atoms with E-state index in [9.17, 15) is 4.79 Å². The molecule has 94 valence electrons. The molecule has 0 fully saturated rings. The van der Waals surface area contributed by atoms with Crippen LogP contribution in [0.15, 0.2) is 18.2 Å². The average Bonchev–Trinajstić information content (AvgIpc) is 2.75. The van der Waals surface area contributed by atoms with Gasteiger partial charge in [0.1, 0.15) is 5.75 Å². The lowest BCUT2D eigenvalue weighted by Gasteiger charge is -2.09. The largest absolute Gasteiger partial charge is 0.484 e. The molecule has 1 atom stereocenters. The zero-order chi connectivity index (χ0) is 13.0. The van der Waals surface area contributed by atoms with E-state index in [1.807, 2.05) is 18.2 Å². The molecule has 3 N–H and O–H groups in total. The van der Waals surface area contributed by atoms with E-state index in [-0.39, 0.29) is 25.1 Å². The van der Waals surface area contributed by atoms with Crippen LogP contribution in [0.1, 0.15) is 23.6 Å². The normalized spacial score (nSPS) is 16.8. The van der Waals surface area contributed by atoms with Gasteiger partial charge in [0, 0.05) is 6.04 Å². The Kier molecular flexibility index (Phi) is 3.85. The molecule has 0 heterocycles. The molecular weight excluding hydrogens is 228 g/mol. The quantitative estimate of drug-likeness (QED) is 0.769. The topological polar surface area (TPSA) is 64.3 Å². The third-order valence-electron chi connectivity index (χ3n) is 3.00. The number of nitrogens with one attached hydrogen (secondary N) is 1. The number of nitrogens with two attached hydrogens (primary N) is 1. The first kappa shape index (κ1) is 12.5. The van der Waals surface area contributed by atoms with E-state index < -0.39 is 0 Å². The lowest BCUT2D eigenvalue weighted by atomic mass is 10.1. The van der Waals surface area contributed by atoms with Crippen molar-refractivity contribution in [2.45, 2.75) is 18.9 Å². The van der Waals surface area contributed by atoms with Crippen molar-refractivity contribution in [3.05, 3.63) is 29.3 Å².